The number of aliphatic hydroxyl groups is 1. The highest BCUT2D eigenvalue weighted by atomic mass is 16.6. The first kappa shape index (κ1) is 32.2. The molecule has 0 bridgehead atoms. The highest BCUT2D eigenvalue weighted by molar-refractivity contribution is 5.69. The zero-order valence-corrected chi connectivity index (χ0v) is 24.9. The van der Waals surface area contributed by atoms with E-state index < -0.39 is 18.3 Å². The van der Waals surface area contributed by atoms with Crippen molar-refractivity contribution in [1.82, 2.24) is 15.5 Å². The maximum Gasteiger partial charge on any atom is 0.409 e. The number of amides is 3. The maximum absolute atomic E-state index is 12.7. The fourth-order valence-electron chi connectivity index (χ4n) is 6.80. The van der Waals surface area contributed by atoms with Crippen LogP contribution < -0.4 is 10.6 Å². The van der Waals surface area contributed by atoms with Gasteiger partial charge in [-0.05, 0) is 61.2 Å². The third kappa shape index (κ3) is 10.5. The van der Waals surface area contributed by atoms with Gasteiger partial charge in [0, 0.05) is 39.0 Å². The number of alkyl carbamates (subject to hydrolysis) is 2. The predicted octanol–water partition coefficient (Wildman–Crippen LogP) is 3.54. The predicted molar refractivity (Wildman–Crippen MR) is 154 cm³/mol. The Morgan fingerprint density at radius 2 is 1.21 bits per heavy atom. The number of nitrogens with zero attached hydrogens (tertiary/aromatic N) is 1. The maximum atomic E-state index is 12.7. The highest BCUT2D eigenvalue weighted by Crippen LogP contribution is 2.53. The van der Waals surface area contributed by atoms with Gasteiger partial charge in [-0.1, -0.05) is 25.7 Å². The van der Waals surface area contributed by atoms with E-state index in [-0.39, 0.29) is 52.6 Å². The summed E-state index contributed by atoms with van der Waals surface area (Å²) in [5.41, 5.74) is 0. The molecule has 3 saturated carbocycles. The summed E-state index contributed by atoms with van der Waals surface area (Å²) in [6.45, 7) is 1.81. The van der Waals surface area contributed by atoms with Crippen molar-refractivity contribution in [3.8, 4) is 11.8 Å². The number of carbonyl (C=O) groups is 3. The second-order valence-corrected chi connectivity index (χ2v) is 11.9. The zero-order valence-electron chi connectivity index (χ0n) is 24.9. The number of fused-ring (bicyclic) bond motifs is 2. The van der Waals surface area contributed by atoms with Crippen molar-refractivity contribution < 1.29 is 38.4 Å². The number of hydrogen-bond donors (Lipinski definition) is 3. The summed E-state index contributed by atoms with van der Waals surface area (Å²) in [7, 11) is 0. The lowest BCUT2D eigenvalue weighted by atomic mass is 10.0. The molecule has 0 unspecified atom stereocenters. The standard InChI is InChI=1S/C31H49N3O8/c35-17-18-39-19-20-40-31(38)34(15-13-32-29(36)41-21-27-23-9-5-1-2-6-10-24(23)27)16-14-33-30(37)42-22-28-25-11-7-3-4-8-12-26(25)28/h23-28,35H,1-2,5-22H2,(H,32,36)(H,33,37)/t23-,24+,25-,26+,27-,28-. The van der Waals surface area contributed by atoms with Crippen molar-refractivity contribution in [2.24, 2.45) is 35.5 Å². The fraction of sp³-hybridized carbons (Fsp3) is 0.839. The molecule has 6 atom stereocenters. The Bertz CT molecular complexity index is 881. The molecule has 0 aromatic carbocycles. The summed E-state index contributed by atoms with van der Waals surface area (Å²) in [5.74, 6) is 9.84. The van der Waals surface area contributed by atoms with E-state index in [4.69, 9.17) is 24.1 Å². The first-order chi connectivity index (χ1) is 20.6. The van der Waals surface area contributed by atoms with Gasteiger partial charge in [0.15, 0.2) is 0 Å². The molecule has 0 heterocycles. The molecule has 0 aromatic rings. The summed E-state index contributed by atoms with van der Waals surface area (Å²) >= 11 is 0. The minimum Gasteiger partial charge on any atom is -0.449 e. The van der Waals surface area contributed by atoms with Crippen LogP contribution in [0.3, 0.4) is 0 Å². The molecule has 4 rings (SSSR count). The van der Waals surface area contributed by atoms with E-state index >= 15 is 0 Å². The molecule has 3 fully saturated rings. The van der Waals surface area contributed by atoms with Crippen molar-refractivity contribution in [2.45, 2.75) is 64.2 Å². The molecule has 11 heteroatoms. The van der Waals surface area contributed by atoms with Crippen LogP contribution in [0.15, 0.2) is 0 Å². The lowest BCUT2D eigenvalue weighted by Gasteiger charge is -2.22. The Kier molecular flexibility index (Phi) is 13.4. The second-order valence-electron chi connectivity index (χ2n) is 11.9. The van der Waals surface area contributed by atoms with Crippen LogP contribution in [-0.2, 0) is 18.9 Å². The molecular formula is C31H49N3O8. The van der Waals surface area contributed by atoms with E-state index in [0.29, 0.717) is 48.7 Å². The van der Waals surface area contributed by atoms with Gasteiger partial charge in [0.05, 0.1) is 33.0 Å². The van der Waals surface area contributed by atoms with E-state index in [0.717, 1.165) is 25.7 Å². The normalized spacial score (nSPS) is 27.5. The van der Waals surface area contributed by atoms with Crippen LogP contribution in [0.1, 0.15) is 64.2 Å². The first-order valence-corrected chi connectivity index (χ1v) is 16.0. The molecular weight excluding hydrogens is 542 g/mol. The molecule has 3 N–H and O–H groups in total. The average Bonchev–Trinajstić information content (AvgIpc) is 3.82. The van der Waals surface area contributed by atoms with Crippen LogP contribution in [0.5, 0.6) is 0 Å². The van der Waals surface area contributed by atoms with Gasteiger partial charge in [-0.2, -0.15) is 0 Å². The number of nitrogens with one attached hydrogen (secondary N) is 2. The summed E-state index contributed by atoms with van der Waals surface area (Å²) in [5, 5.41) is 14.3. The molecule has 0 aromatic heterocycles. The average molecular weight is 592 g/mol. The van der Waals surface area contributed by atoms with Crippen molar-refractivity contribution in [1.29, 1.82) is 0 Å². The van der Waals surface area contributed by atoms with Crippen molar-refractivity contribution in [3.63, 3.8) is 0 Å². The van der Waals surface area contributed by atoms with Crippen molar-refractivity contribution in [3.05, 3.63) is 0 Å². The van der Waals surface area contributed by atoms with Crippen LogP contribution in [-0.4, -0.2) is 94.1 Å². The molecule has 42 heavy (non-hydrogen) atoms. The molecule has 4 aliphatic carbocycles. The lowest BCUT2D eigenvalue weighted by molar-refractivity contribution is 0.0416. The van der Waals surface area contributed by atoms with E-state index in [2.05, 4.69) is 22.5 Å². The Balaban J connectivity index is 1.12. The van der Waals surface area contributed by atoms with E-state index in [9.17, 15) is 14.4 Å². The van der Waals surface area contributed by atoms with Gasteiger partial charge in [-0.15, -0.1) is 11.8 Å². The molecule has 11 nitrogen and oxygen atoms in total. The zero-order chi connectivity index (χ0) is 29.6. The summed E-state index contributed by atoms with van der Waals surface area (Å²) in [4.78, 5) is 38.7. The van der Waals surface area contributed by atoms with Crippen LogP contribution in [0.25, 0.3) is 0 Å². The molecule has 0 spiro atoms. The van der Waals surface area contributed by atoms with Gasteiger partial charge in [-0.3, -0.25) is 0 Å². The molecule has 0 radical (unpaired) electrons. The number of aliphatic hydroxyl groups excluding tert-OH is 1. The van der Waals surface area contributed by atoms with Gasteiger partial charge >= 0.3 is 18.3 Å². The largest absolute Gasteiger partial charge is 0.449 e. The Morgan fingerprint density at radius 1 is 0.690 bits per heavy atom. The monoisotopic (exact) mass is 591 g/mol. The van der Waals surface area contributed by atoms with Gasteiger partial charge in [0.25, 0.3) is 0 Å². The third-order valence-electron chi connectivity index (χ3n) is 9.24. The fourth-order valence-corrected chi connectivity index (χ4v) is 6.80. The number of hydrogen-bond acceptors (Lipinski definition) is 8. The van der Waals surface area contributed by atoms with Gasteiger partial charge in [-0.25, -0.2) is 14.4 Å². The number of carbonyl (C=O) groups excluding carboxylic acids is 3. The van der Waals surface area contributed by atoms with E-state index in [1.165, 1.54) is 43.4 Å². The van der Waals surface area contributed by atoms with E-state index in [1.807, 2.05) is 0 Å². The van der Waals surface area contributed by atoms with Crippen LogP contribution in [0.4, 0.5) is 14.4 Å². The van der Waals surface area contributed by atoms with E-state index in [1.54, 1.807) is 0 Å². The summed E-state index contributed by atoms with van der Waals surface area (Å²) in [6.07, 6.45) is 10.0. The van der Waals surface area contributed by atoms with Gasteiger partial charge in [0.2, 0.25) is 0 Å². The number of ether oxygens (including phenoxy) is 4. The van der Waals surface area contributed by atoms with Crippen molar-refractivity contribution >= 4 is 18.3 Å². The molecule has 236 valence electrons. The third-order valence-corrected chi connectivity index (χ3v) is 9.24. The Morgan fingerprint density at radius 3 is 1.74 bits per heavy atom. The SMILES string of the molecule is O=C(NCCN(CCNC(=O)OC[C@@H]1[C@@H]2CCCCCC[C@@H]21)C(=O)OCCOCCO)OC[C@@H]1[C@@H]2CCC#CCC[C@@H]21. The topological polar surface area (TPSA) is 136 Å². The quantitative estimate of drug-likeness (QED) is 0.150. The first-order valence-electron chi connectivity index (χ1n) is 16.0. The van der Waals surface area contributed by atoms with Crippen molar-refractivity contribution in [2.75, 3.05) is 65.8 Å². The van der Waals surface area contributed by atoms with Crippen LogP contribution in [0, 0.1) is 47.3 Å². The number of rotatable bonds is 15. The summed E-state index contributed by atoms with van der Waals surface area (Å²) in [6, 6.07) is 0. The Labute approximate surface area is 249 Å². The van der Waals surface area contributed by atoms with Crippen LogP contribution in [0.2, 0.25) is 0 Å². The van der Waals surface area contributed by atoms with Gasteiger partial charge in [0.1, 0.15) is 6.61 Å². The second kappa shape index (κ2) is 17.4. The lowest BCUT2D eigenvalue weighted by Crippen LogP contribution is -2.43. The smallest absolute Gasteiger partial charge is 0.409 e. The molecule has 0 aliphatic heterocycles. The molecule has 3 amide bonds. The summed E-state index contributed by atoms with van der Waals surface area (Å²) < 4.78 is 21.4. The molecule has 0 saturated heterocycles. The minimum atomic E-state index is -0.585. The van der Waals surface area contributed by atoms with Crippen LogP contribution >= 0.6 is 0 Å². The minimum absolute atomic E-state index is 0.0265. The Hall–Kier alpha value is -2.71. The molecule has 4 aliphatic rings. The van der Waals surface area contributed by atoms with Gasteiger partial charge < -0.3 is 39.6 Å². The highest BCUT2D eigenvalue weighted by Gasteiger charge is 2.50.